The average Bonchev–Trinajstić information content (AvgIpc) is 3.52. The Morgan fingerprint density at radius 1 is 1.03 bits per heavy atom. The summed E-state index contributed by atoms with van der Waals surface area (Å²) >= 11 is 1.62. The first-order valence-electron chi connectivity index (χ1n) is 9.31. The third-order valence-electron chi connectivity index (χ3n) is 5.01. The molecule has 6 rings (SSSR count). The number of nitrogen functional groups attached to an aromatic ring is 1. The molecular weight excluding hydrogens is 415 g/mol. The number of fused-ring (bicyclic) bond motifs is 2. The number of pyridine rings is 3. The van der Waals surface area contributed by atoms with Crippen molar-refractivity contribution in [3.05, 3.63) is 60.3 Å². The molecule has 0 aliphatic rings. The highest BCUT2D eigenvalue weighted by Crippen LogP contribution is 2.35. The minimum Gasteiger partial charge on any atom is -0.397 e. The molecule has 0 aromatic carbocycles. The van der Waals surface area contributed by atoms with Gasteiger partial charge in [-0.3, -0.25) is 10.1 Å². The first-order chi connectivity index (χ1) is 15.2. The van der Waals surface area contributed by atoms with Crippen LogP contribution in [0.25, 0.3) is 55.3 Å². The van der Waals surface area contributed by atoms with E-state index in [0.29, 0.717) is 28.4 Å². The number of hydrogen-bond donors (Lipinski definition) is 3. The largest absolute Gasteiger partial charge is 0.397 e. The fraction of sp³-hybridized carbons (Fsp3) is 0. The van der Waals surface area contributed by atoms with Crippen molar-refractivity contribution in [3.63, 3.8) is 0 Å². The van der Waals surface area contributed by atoms with Crippen LogP contribution in [-0.4, -0.2) is 35.1 Å². The molecule has 150 valence electrons. The molecule has 0 saturated carbocycles. The third-order valence-corrected chi connectivity index (χ3v) is 5.91. The van der Waals surface area contributed by atoms with Crippen LogP contribution in [0.5, 0.6) is 0 Å². The van der Waals surface area contributed by atoms with E-state index < -0.39 is 5.82 Å². The van der Waals surface area contributed by atoms with Gasteiger partial charge in [-0.05, 0) is 23.6 Å². The van der Waals surface area contributed by atoms with Gasteiger partial charge in [0.25, 0.3) is 0 Å². The van der Waals surface area contributed by atoms with E-state index in [2.05, 4.69) is 35.1 Å². The second-order valence-corrected chi connectivity index (χ2v) is 7.86. The highest BCUT2D eigenvalue weighted by atomic mass is 32.1. The Bertz CT molecular complexity index is 1570. The lowest BCUT2D eigenvalue weighted by Gasteiger charge is -2.05. The predicted molar refractivity (Wildman–Crippen MR) is 118 cm³/mol. The summed E-state index contributed by atoms with van der Waals surface area (Å²) in [5.74, 6) is -0.0504. The molecule has 0 aliphatic carbocycles. The number of aromatic amines is 2. The van der Waals surface area contributed by atoms with Crippen LogP contribution in [0.4, 0.5) is 10.1 Å². The van der Waals surface area contributed by atoms with E-state index in [4.69, 9.17) is 5.73 Å². The van der Waals surface area contributed by atoms with Crippen LogP contribution in [0.15, 0.2) is 54.4 Å². The minimum atomic E-state index is -0.479. The SMILES string of the molecule is Nc1cncc(-c2cnc3n[nH]c(-c4nc5nccc(-c6cccs6)c5[nH]4)c3c2F)c1. The van der Waals surface area contributed by atoms with Gasteiger partial charge in [0.05, 0.1) is 16.6 Å². The normalized spacial score (nSPS) is 11.5. The quantitative estimate of drug-likeness (QED) is 0.384. The highest BCUT2D eigenvalue weighted by Gasteiger charge is 2.21. The number of rotatable bonds is 3. The van der Waals surface area contributed by atoms with Crippen molar-refractivity contribution in [1.29, 1.82) is 0 Å². The molecule has 0 saturated heterocycles. The maximum atomic E-state index is 15.6. The van der Waals surface area contributed by atoms with Gasteiger partial charge in [-0.25, -0.2) is 19.3 Å². The number of nitrogens with one attached hydrogen (secondary N) is 2. The molecule has 0 atom stereocenters. The van der Waals surface area contributed by atoms with Crippen LogP contribution in [-0.2, 0) is 0 Å². The van der Waals surface area contributed by atoms with Crippen LogP contribution in [0.1, 0.15) is 0 Å². The first kappa shape index (κ1) is 17.7. The molecule has 6 heterocycles. The number of halogens is 1. The zero-order chi connectivity index (χ0) is 20.9. The van der Waals surface area contributed by atoms with Crippen molar-refractivity contribution in [2.24, 2.45) is 0 Å². The predicted octanol–water partition coefficient (Wildman–Crippen LogP) is 4.41. The standard InChI is InChI=1S/C21H13FN8S/c22-16-13(10-6-11(23)8-24-7-10)9-26-19-15(16)18(29-30-19)21-27-17-12(14-2-1-5-31-14)3-4-25-20(17)28-21/h1-9H,23H2,(H,25,27,28)(H,26,29,30). The molecule has 0 unspecified atom stereocenters. The molecule has 0 amide bonds. The topological polar surface area (TPSA) is 122 Å². The molecule has 0 bridgehead atoms. The van der Waals surface area contributed by atoms with Crippen LogP contribution in [0.3, 0.4) is 0 Å². The third kappa shape index (κ3) is 2.76. The highest BCUT2D eigenvalue weighted by molar-refractivity contribution is 7.13. The average molecular weight is 428 g/mol. The number of H-pyrrole nitrogens is 2. The second-order valence-electron chi connectivity index (χ2n) is 6.91. The second kappa shape index (κ2) is 6.67. The Hall–Kier alpha value is -4.18. The van der Waals surface area contributed by atoms with Crippen molar-refractivity contribution in [1.82, 2.24) is 35.1 Å². The number of anilines is 1. The summed E-state index contributed by atoms with van der Waals surface area (Å²) in [6.07, 6.45) is 6.18. The zero-order valence-corrected chi connectivity index (χ0v) is 16.6. The molecule has 8 nitrogen and oxygen atoms in total. The number of thiophene rings is 1. The van der Waals surface area contributed by atoms with Gasteiger partial charge in [0.2, 0.25) is 0 Å². The summed E-state index contributed by atoms with van der Waals surface area (Å²) in [6.45, 7) is 0. The fourth-order valence-corrected chi connectivity index (χ4v) is 4.35. The lowest BCUT2D eigenvalue weighted by molar-refractivity contribution is 0.642. The van der Waals surface area contributed by atoms with Gasteiger partial charge in [0.1, 0.15) is 11.5 Å². The van der Waals surface area contributed by atoms with E-state index >= 15 is 4.39 Å². The molecule has 31 heavy (non-hydrogen) atoms. The maximum Gasteiger partial charge on any atom is 0.184 e. The van der Waals surface area contributed by atoms with Gasteiger partial charge in [0, 0.05) is 46.4 Å². The molecule has 0 aliphatic heterocycles. The van der Waals surface area contributed by atoms with Crippen molar-refractivity contribution < 1.29 is 4.39 Å². The van der Waals surface area contributed by atoms with E-state index in [1.165, 1.54) is 12.4 Å². The summed E-state index contributed by atoms with van der Waals surface area (Å²) in [4.78, 5) is 21.6. The molecule has 4 N–H and O–H groups in total. The molecule has 6 aromatic rings. The smallest absolute Gasteiger partial charge is 0.184 e. The van der Waals surface area contributed by atoms with E-state index in [0.717, 1.165) is 16.0 Å². The van der Waals surface area contributed by atoms with Crippen LogP contribution in [0, 0.1) is 5.82 Å². The van der Waals surface area contributed by atoms with Crippen molar-refractivity contribution in [3.8, 4) is 33.1 Å². The Labute approximate surface area is 178 Å². The van der Waals surface area contributed by atoms with Gasteiger partial charge in [-0.15, -0.1) is 11.3 Å². The minimum absolute atomic E-state index is 0.233. The van der Waals surface area contributed by atoms with Crippen LogP contribution >= 0.6 is 11.3 Å². The summed E-state index contributed by atoms with van der Waals surface area (Å²) in [5.41, 5.74) is 10.00. The Morgan fingerprint density at radius 3 is 2.81 bits per heavy atom. The lowest BCUT2D eigenvalue weighted by Crippen LogP contribution is -1.93. The molecule has 10 heteroatoms. The number of aromatic nitrogens is 7. The first-order valence-corrected chi connectivity index (χ1v) is 10.2. The summed E-state index contributed by atoms with van der Waals surface area (Å²) < 4.78 is 15.6. The number of imidazole rings is 1. The fourth-order valence-electron chi connectivity index (χ4n) is 3.59. The summed E-state index contributed by atoms with van der Waals surface area (Å²) in [5, 5.41) is 9.26. The molecule has 0 fully saturated rings. The summed E-state index contributed by atoms with van der Waals surface area (Å²) in [7, 11) is 0. The van der Waals surface area contributed by atoms with E-state index in [9.17, 15) is 0 Å². The zero-order valence-electron chi connectivity index (χ0n) is 15.8. The van der Waals surface area contributed by atoms with Gasteiger partial charge in [-0.1, -0.05) is 6.07 Å². The van der Waals surface area contributed by atoms with E-state index in [1.807, 2.05) is 23.6 Å². The van der Waals surface area contributed by atoms with Crippen LogP contribution in [0.2, 0.25) is 0 Å². The van der Waals surface area contributed by atoms with Crippen LogP contribution < -0.4 is 5.73 Å². The molecule has 0 radical (unpaired) electrons. The van der Waals surface area contributed by atoms with E-state index in [1.54, 1.807) is 29.8 Å². The Morgan fingerprint density at radius 2 is 1.97 bits per heavy atom. The van der Waals surface area contributed by atoms with Gasteiger partial charge in [-0.2, -0.15) is 5.10 Å². The van der Waals surface area contributed by atoms with E-state index in [-0.39, 0.29) is 16.6 Å². The van der Waals surface area contributed by atoms with Crippen molar-refractivity contribution in [2.75, 3.05) is 5.73 Å². The maximum absolute atomic E-state index is 15.6. The molecule has 6 aromatic heterocycles. The van der Waals surface area contributed by atoms with Crippen molar-refractivity contribution in [2.45, 2.75) is 0 Å². The number of nitrogens with two attached hydrogens (primary N) is 1. The monoisotopic (exact) mass is 428 g/mol. The summed E-state index contributed by atoms with van der Waals surface area (Å²) in [6, 6.07) is 7.59. The van der Waals surface area contributed by atoms with Gasteiger partial charge in [0.15, 0.2) is 17.1 Å². The van der Waals surface area contributed by atoms with Gasteiger partial charge >= 0.3 is 0 Å². The lowest BCUT2D eigenvalue weighted by atomic mass is 10.1. The van der Waals surface area contributed by atoms with Crippen molar-refractivity contribution >= 4 is 39.2 Å². The Balaban J connectivity index is 1.56. The molecular formula is C21H13FN8S. The number of nitrogens with zero attached hydrogens (tertiary/aromatic N) is 5. The Kier molecular flexibility index (Phi) is 3.80. The number of hydrogen-bond acceptors (Lipinski definition) is 7. The van der Waals surface area contributed by atoms with Gasteiger partial charge < -0.3 is 10.7 Å². The molecule has 0 spiro atoms.